The van der Waals surface area contributed by atoms with Gasteiger partial charge in [0, 0.05) is 14.3 Å². The highest BCUT2D eigenvalue weighted by Gasteiger charge is 2.13. The highest BCUT2D eigenvalue weighted by atomic mass is 127. The Hall–Kier alpha value is -1.38. The molecule has 1 heterocycles. The van der Waals surface area contributed by atoms with Crippen LogP contribution in [0.1, 0.15) is 10.4 Å². The Labute approximate surface area is 143 Å². The average molecular weight is 430 g/mol. The number of benzene rings is 2. The number of rotatable bonds is 2. The van der Waals surface area contributed by atoms with Crippen molar-refractivity contribution in [3.05, 3.63) is 50.6 Å². The zero-order chi connectivity index (χ0) is 15.0. The lowest BCUT2D eigenvalue weighted by molar-refractivity contribution is 0.102. The van der Waals surface area contributed by atoms with Crippen LogP contribution in [0.3, 0.4) is 0 Å². The van der Waals surface area contributed by atoms with E-state index in [2.05, 4.69) is 32.9 Å². The number of aromatic nitrogens is 1. The summed E-state index contributed by atoms with van der Waals surface area (Å²) >= 11 is 9.42. The van der Waals surface area contributed by atoms with Crippen LogP contribution >= 0.6 is 45.5 Å². The van der Waals surface area contributed by atoms with Gasteiger partial charge in [0.05, 0.1) is 15.8 Å². The molecule has 3 N–H and O–H groups in total. The molecule has 0 aliphatic carbocycles. The third-order valence-electron chi connectivity index (χ3n) is 2.81. The van der Waals surface area contributed by atoms with E-state index in [9.17, 15) is 4.79 Å². The number of amides is 1. The lowest BCUT2D eigenvalue weighted by Crippen LogP contribution is -2.13. The maximum absolute atomic E-state index is 12.3. The number of nitrogen functional groups attached to an aromatic ring is 1. The molecule has 3 rings (SSSR count). The zero-order valence-electron chi connectivity index (χ0n) is 10.6. The van der Waals surface area contributed by atoms with Gasteiger partial charge in [0.1, 0.15) is 0 Å². The van der Waals surface area contributed by atoms with Crippen molar-refractivity contribution in [3.8, 4) is 0 Å². The van der Waals surface area contributed by atoms with E-state index in [4.69, 9.17) is 17.3 Å². The minimum Gasteiger partial charge on any atom is -0.399 e. The standard InChI is InChI=1S/C14H9ClIN3OS/c15-7-1-3-10(16)9(5-7)13(20)19-14-18-11-4-2-8(17)6-12(11)21-14/h1-6H,17H2,(H,18,19,20). The molecule has 1 amide bonds. The molecule has 0 saturated carbocycles. The molecule has 2 aromatic carbocycles. The molecule has 0 bridgehead atoms. The lowest BCUT2D eigenvalue weighted by atomic mass is 10.2. The number of hydrogen-bond donors (Lipinski definition) is 2. The van der Waals surface area contributed by atoms with Crippen LogP contribution < -0.4 is 11.1 Å². The molecule has 1 aromatic heterocycles. The Kier molecular flexibility index (Phi) is 4.01. The van der Waals surface area contributed by atoms with E-state index in [-0.39, 0.29) is 5.91 Å². The fourth-order valence-corrected chi connectivity index (χ4v) is 3.49. The van der Waals surface area contributed by atoms with Gasteiger partial charge in [-0.2, -0.15) is 0 Å². The van der Waals surface area contributed by atoms with Gasteiger partial charge in [-0.3, -0.25) is 10.1 Å². The second-order valence-electron chi connectivity index (χ2n) is 4.32. The predicted molar refractivity (Wildman–Crippen MR) is 96.2 cm³/mol. The second-order valence-corrected chi connectivity index (χ2v) is 6.95. The first-order valence-corrected chi connectivity index (χ1v) is 8.23. The average Bonchev–Trinajstić information content (AvgIpc) is 2.82. The van der Waals surface area contributed by atoms with E-state index in [1.165, 1.54) is 11.3 Å². The van der Waals surface area contributed by atoms with Gasteiger partial charge in [-0.25, -0.2) is 4.98 Å². The fraction of sp³-hybridized carbons (Fsp3) is 0. The number of carbonyl (C=O) groups is 1. The Balaban J connectivity index is 1.90. The lowest BCUT2D eigenvalue weighted by Gasteiger charge is -2.04. The first-order chi connectivity index (χ1) is 10.0. The van der Waals surface area contributed by atoms with Crippen molar-refractivity contribution in [2.24, 2.45) is 0 Å². The van der Waals surface area contributed by atoms with E-state index in [0.717, 1.165) is 13.8 Å². The van der Waals surface area contributed by atoms with Gasteiger partial charge in [0.15, 0.2) is 5.13 Å². The summed E-state index contributed by atoms with van der Waals surface area (Å²) in [6, 6.07) is 10.7. The summed E-state index contributed by atoms with van der Waals surface area (Å²) < 4.78 is 1.77. The molecular formula is C14H9ClIN3OS. The molecule has 0 saturated heterocycles. The monoisotopic (exact) mass is 429 g/mol. The molecule has 21 heavy (non-hydrogen) atoms. The number of nitrogens with two attached hydrogens (primary N) is 1. The normalized spacial score (nSPS) is 10.8. The van der Waals surface area contributed by atoms with Gasteiger partial charge in [-0.05, 0) is 59.0 Å². The van der Waals surface area contributed by atoms with Crippen molar-refractivity contribution in [3.63, 3.8) is 0 Å². The molecule has 0 fully saturated rings. The van der Waals surface area contributed by atoms with Gasteiger partial charge < -0.3 is 5.73 Å². The van der Waals surface area contributed by atoms with E-state index in [0.29, 0.717) is 21.4 Å². The quantitative estimate of drug-likeness (QED) is 0.469. The fourth-order valence-electron chi connectivity index (χ4n) is 1.83. The van der Waals surface area contributed by atoms with Crippen molar-refractivity contribution in [2.45, 2.75) is 0 Å². The Morgan fingerprint density at radius 2 is 2.10 bits per heavy atom. The molecule has 0 aliphatic heterocycles. The van der Waals surface area contributed by atoms with Gasteiger partial charge in [0.2, 0.25) is 0 Å². The van der Waals surface area contributed by atoms with E-state index in [1.54, 1.807) is 24.3 Å². The molecule has 106 valence electrons. The van der Waals surface area contributed by atoms with Crippen LogP contribution in [0.2, 0.25) is 5.02 Å². The van der Waals surface area contributed by atoms with Crippen molar-refractivity contribution < 1.29 is 4.79 Å². The number of halogens is 2. The summed E-state index contributed by atoms with van der Waals surface area (Å²) in [4.78, 5) is 16.7. The van der Waals surface area contributed by atoms with Crippen LogP contribution in [-0.2, 0) is 0 Å². The summed E-state index contributed by atoms with van der Waals surface area (Å²) in [6.45, 7) is 0. The van der Waals surface area contributed by atoms with Crippen LogP contribution in [0.15, 0.2) is 36.4 Å². The molecule has 4 nitrogen and oxygen atoms in total. The predicted octanol–water partition coefficient (Wildman–Crippen LogP) is 4.39. The minimum atomic E-state index is -0.228. The van der Waals surface area contributed by atoms with Crippen LogP contribution in [-0.4, -0.2) is 10.9 Å². The summed E-state index contributed by atoms with van der Waals surface area (Å²) in [7, 11) is 0. The van der Waals surface area contributed by atoms with Crippen LogP contribution in [0.4, 0.5) is 10.8 Å². The largest absolute Gasteiger partial charge is 0.399 e. The number of hydrogen-bond acceptors (Lipinski definition) is 4. The van der Waals surface area contributed by atoms with Crippen molar-refractivity contribution in [1.29, 1.82) is 0 Å². The zero-order valence-corrected chi connectivity index (χ0v) is 14.3. The van der Waals surface area contributed by atoms with Crippen LogP contribution in [0.5, 0.6) is 0 Å². The Bertz CT molecular complexity index is 849. The van der Waals surface area contributed by atoms with E-state index < -0.39 is 0 Å². The third kappa shape index (κ3) is 3.12. The molecule has 7 heteroatoms. The summed E-state index contributed by atoms with van der Waals surface area (Å²) in [5, 5.41) is 3.86. The van der Waals surface area contributed by atoms with Gasteiger partial charge >= 0.3 is 0 Å². The van der Waals surface area contributed by atoms with Crippen LogP contribution in [0.25, 0.3) is 10.2 Å². The van der Waals surface area contributed by atoms with Gasteiger partial charge in [-0.15, -0.1) is 0 Å². The van der Waals surface area contributed by atoms with Crippen molar-refractivity contribution >= 4 is 72.5 Å². The number of nitrogens with zero attached hydrogens (tertiary/aromatic N) is 1. The molecular weight excluding hydrogens is 421 g/mol. The van der Waals surface area contributed by atoms with Crippen molar-refractivity contribution in [1.82, 2.24) is 4.98 Å². The molecule has 0 aliphatic rings. The van der Waals surface area contributed by atoms with Gasteiger partial charge in [-0.1, -0.05) is 22.9 Å². The topological polar surface area (TPSA) is 68.0 Å². The van der Waals surface area contributed by atoms with E-state index in [1.807, 2.05) is 12.1 Å². The van der Waals surface area contributed by atoms with Crippen molar-refractivity contribution in [2.75, 3.05) is 11.1 Å². The molecule has 0 atom stereocenters. The highest BCUT2D eigenvalue weighted by molar-refractivity contribution is 14.1. The number of carbonyl (C=O) groups excluding carboxylic acids is 1. The maximum atomic E-state index is 12.3. The summed E-state index contributed by atoms with van der Waals surface area (Å²) in [6.07, 6.45) is 0. The summed E-state index contributed by atoms with van der Waals surface area (Å²) in [5.41, 5.74) is 7.75. The molecule has 3 aromatic rings. The number of fused-ring (bicyclic) bond motifs is 1. The Morgan fingerprint density at radius 3 is 2.90 bits per heavy atom. The summed E-state index contributed by atoms with van der Waals surface area (Å²) in [5.74, 6) is -0.228. The first-order valence-electron chi connectivity index (χ1n) is 5.95. The molecule has 0 unspecified atom stereocenters. The van der Waals surface area contributed by atoms with Crippen LogP contribution in [0, 0.1) is 3.57 Å². The van der Waals surface area contributed by atoms with Gasteiger partial charge in [0.25, 0.3) is 5.91 Å². The first kappa shape index (κ1) is 14.6. The highest BCUT2D eigenvalue weighted by Crippen LogP contribution is 2.28. The SMILES string of the molecule is Nc1ccc2nc(NC(=O)c3cc(Cl)ccc3I)sc2c1. The Morgan fingerprint density at radius 1 is 1.29 bits per heavy atom. The molecule has 0 radical (unpaired) electrons. The van der Waals surface area contributed by atoms with E-state index >= 15 is 0 Å². The number of nitrogens with one attached hydrogen (secondary N) is 1. The third-order valence-corrected chi connectivity index (χ3v) is 4.92. The second kappa shape index (κ2) is 5.78. The maximum Gasteiger partial charge on any atom is 0.258 e. The number of thiazole rings is 1. The smallest absolute Gasteiger partial charge is 0.258 e. The minimum absolute atomic E-state index is 0.228. The molecule has 0 spiro atoms. The number of anilines is 2.